The molecule has 1 heterocycles. The van der Waals surface area contributed by atoms with Crippen molar-refractivity contribution in [2.24, 2.45) is 11.7 Å². The number of carbonyl (C=O) groups is 1. The van der Waals surface area contributed by atoms with Gasteiger partial charge in [-0.05, 0) is 6.42 Å². The summed E-state index contributed by atoms with van der Waals surface area (Å²) in [5.74, 6) is 0.0432. The summed E-state index contributed by atoms with van der Waals surface area (Å²) in [4.78, 5) is 17.7. The third kappa shape index (κ3) is 3.28. The van der Waals surface area contributed by atoms with Gasteiger partial charge in [-0.2, -0.15) is 0 Å². The number of hydrogen-bond donors (Lipinski definition) is 1. The first-order chi connectivity index (χ1) is 7.19. The molecule has 0 aliphatic carbocycles. The van der Waals surface area contributed by atoms with Gasteiger partial charge in [-0.1, -0.05) is 6.92 Å². The summed E-state index contributed by atoms with van der Waals surface area (Å²) < 4.78 is 0. The van der Waals surface area contributed by atoms with Crippen molar-refractivity contribution in [2.45, 2.75) is 19.9 Å². The molecule has 1 amide bonds. The van der Waals surface area contributed by atoms with Crippen LogP contribution < -0.4 is 5.73 Å². The second-order valence-corrected chi connectivity index (χ2v) is 4.23. The largest absolute Gasteiger partial charge is 0.340 e. The molecule has 15 heavy (non-hydrogen) atoms. The molecule has 1 unspecified atom stereocenters. The van der Waals surface area contributed by atoms with Gasteiger partial charge in [0.25, 0.3) is 0 Å². The molecule has 0 bridgehead atoms. The van der Waals surface area contributed by atoms with Gasteiger partial charge in [-0.3, -0.25) is 4.79 Å². The molecule has 0 radical (unpaired) electrons. The lowest BCUT2D eigenvalue weighted by atomic mass is 10.1. The van der Waals surface area contributed by atoms with Gasteiger partial charge in [0.05, 0.1) is 23.7 Å². The summed E-state index contributed by atoms with van der Waals surface area (Å²) in [6.07, 6.45) is 0.788. The molecule has 0 fully saturated rings. The highest BCUT2D eigenvalue weighted by Gasteiger charge is 2.19. The number of thiazole rings is 1. The van der Waals surface area contributed by atoms with Crippen molar-refractivity contribution in [3.63, 3.8) is 0 Å². The lowest BCUT2D eigenvalue weighted by Crippen LogP contribution is -2.35. The molecule has 0 spiro atoms. The Morgan fingerprint density at radius 3 is 2.93 bits per heavy atom. The van der Waals surface area contributed by atoms with E-state index in [0.717, 1.165) is 12.1 Å². The summed E-state index contributed by atoms with van der Waals surface area (Å²) in [5, 5.41) is 1.95. The standard InChI is InChI=1S/C10H17N3OS/c1-3-8(4-11)10(14)13(2)5-9-6-15-7-12-9/h6-8H,3-5,11H2,1-2H3. The van der Waals surface area contributed by atoms with Gasteiger partial charge >= 0.3 is 0 Å². The van der Waals surface area contributed by atoms with E-state index in [4.69, 9.17) is 5.73 Å². The molecule has 5 heteroatoms. The molecule has 0 aliphatic heterocycles. The van der Waals surface area contributed by atoms with Crippen LogP contribution in [0.3, 0.4) is 0 Å². The zero-order chi connectivity index (χ0) is 11.3. The Morgan fingerprint density at radius 1 is 1.73 bits per heavy atom. The summed E-state index contributed by atoms with van der Waals surface area (Å²) in [6, 6.07) is 0. The van der Waals surface area contributed by atoms with Gasteiger partial charge in [0, 0.05) is 19.0 Å². The highest BCUT2D eigenvalue weighted by Crippen LogP contribution is 2.09. The van der Waals surface area contributed by atoms with Crippen molar-refractivity contribution in [2.75, 3.05) is 13.6 Å². The van der Waals surface area contributed by atoms with Crippen molar-refractivity contribution >= 4 is 17.2 Å². The van der Waals surface area contributed by atoms with E-state index in [1.165, 1.54) is 11.3 Å². The first kappa shape index (κ1) is 12.1. The van der Waals surface area contributed by atoms with E-state index in [-0.39, 0.29) is 11.8 Å². The maximum atomic E-state index is 11.9. The Labute approximate surface area is 94.1 Å². The van der Waals surface area contributed by atoms with Gasteiger partial charge in [-0.15, -0.1) is 11.3 Å². The smallest absolute Gasteiger partial charge is 0.227 e. The summed E-state index contributed by atoms with van der Waals surface area (Å²) in [6.45, 7) is 2.96. The van der Waals surface area contributed by atoms with E-state index < -0.39 is 0 Å². The third-order valence-electron chi connectivity index (χ3n) is 2.39. The van der Waals surface area contributed by atoms with Crippen molar-refractivity contribution in [1.82, 2.24) is 9.88 Å². The van der Waals surface area contributed by atoms with Gasteiger partial charge in [0.15, 0.2) is 0 Å². The predicted molar refractivity (Wildman–Crippen MR) is 61.4 cm³/mol. The number of carbonyl (C=O) groups excluding carboxylic acids is 1. The molecule has 0 aromatic carbocycles. The molecule has 4 nitrogen and oxygen atoms in total. The van der Waals surface area contributed by atoms with Gasteiger partial charge in [0.1, 0.15) is 0 Å². The Hall–Kier alpha value is -0.940. The Morgan fingerprint density at radius 2 is 2.47 bits per heavy atom. The Kier molecular flexibility index (Phi) is 4.71. The summed E-state index contributed by atoms with van der Waals surface area (Å²) in [5.41, 5.74) is 8.24. The quantitative estimate of drug-likeness (QED) is 0.819. The zero-order valence-corrected chi connectivity index (χ0v) is 9.96. The summed E-state index contributed by atoms with van der Waals surface area (Å²) >= 11 is 1.54. The Balaban J connectivity index is 2.53. The lowest BCUT2D eigenvalue weighted by Gasteiger charge is -2.21. The van der Waals surface area contributed by atoms with E-state index >= 15 is 0 Å². The van der Waals surface area contributed by atoms with Crippen molar-refractivity contribution in [3.8, 4) is 0 Å². The first-order valence-electron chi connectivity index (χ1n) is 5.01. The van der Waals surface area contributed by atoms with E-state index in [2.05, 4.69) is 4.98 Å². The minimum atomic E-state index is -0.0614. The molecule has 1 rings (SSSR count). The van der Waals surface area contributed by atoms with Crippen molar-refractivity contribution in [1.29, 1.82) is 0 Å². The SMILES string of the molecule is CCC(CN)C(=O)N(C)Cc1cscn1. The molecule has 2 N–H and O–H groups in total. The second kappa shape index (κ2) is 5.82. The fourth-order valence-electron chi connectivity index (χ4n) is 1.39. The summed E-state index contributed by atoms with van der Waals surface area (Å²) in [7, 11) is 1.79. The van der Waals surface area contributed by atoms with Crippen LogP contribution in [0.1, 0.15) is 19.0 Å². The molecule has 0 saturated heterocycles. The molecule has 1 atom stereocenters. The van der Waals surface area contributed by atoms with Crippen LogP contribution >= 0.6 is 11.3 Å². The molecular weight excluding hydrogens is 210 g/mol. The highest BCUT2D eigenvalue weighted by atomic mass is 32.1. The fraction of sp³-hybridized carbons (Fsp3) is 0.600. The number of nitrogens with two attached hydrogens (primary N) is 1. The minimum absolute atomic E-state index is 0.0614. The van der Waals surface area contributed by atoms with Crippen LogP contribution in [0, 0.1) is 5.92 Å². The number of rotatable bonds is 5. The predicted octanol–water partition coefficient (Wildman–Crippen LogP) is 1.09. The topological polar surface area (TPSA) is 59.2 Å². The van der Waals surface area contributed by atoms with E-state index in [0.29, 0.717) is 13.1 Å². The third-order valence-corrected chi connectivity index (χ3v) is 3.02. The van der Waals surface area contributed by atoms with Gasteiger partial charge in [0.2, 0.25) is 5.91 Å². The highest BCUT2D eigenvalue weighted by molar-refractivity contribution is 7.07. The van der Waals surface area contributed by atoms with E-state index in [1.54, 1.807) is 17.5 Å². The molecule has 1 aromatic heterocycles. The lowest BCUT2D eigenvalue weighted by molar-refractivity contribution is -0.134. The van der Waals surface area contributed by atoms with Crippen LogP contribution in [0.5, 0.6) is 0 Å². The van der Waals surface area contributed by atoms with E-state index in [1.807, 2.05) is 12.3 Å². The molecule has 84 valence electrons. The van der Waals surface area contributed by atoms with Crippen LogP contribution in [0.15, 0.2) is 10.9 Å². The van der Waals surface area contributed by atoms with E-state index in [9.17, 15) is 4.79 Å². The zero-order valence-electron chi connectivity index (χ0n) is 9.14. The van der Waals surface area contributed by atoms with Crippen LogP contribution in [-0.2, 0) is 11.3 Å². The minimum Gasteiger partial charge on any atom is -0.340 e. The number of hydrogen-bond acceptors (Lipinski definition) is 4. The average molecular weight is 227 g/mol. The maximum Gasteiger partial charge on any atom is 0.227 e. The molecular formula is C10H17N3OS. The average Bonchev–Trinajstić information content (AvgIpc) is 2.72. The molecule has 0 aliphatic rings. The van der Waals surface area contributed by atoms with Crippen LogP contribution in [0.2, 0.25) is 0 Å². The molecule has 0 saturated carbocycles. The van der Waals surface area contributed by atoms with Crippen LogP contribution in [-0.4, -0.2) is 29.4 Å². The van der Waals surface area contributed by atoms with Crippen LogP contribution in [0.25, 0.3) is 0 Å². The first-order valence-corrected chi connectivity index (χ1v) is 5.95. The van der Waals surface area contributed by atoms with Gasteiger partial charge in [-0.25, -0.2) is 4.98 Å². The van der Waals surface area contributed by atoms with Crippen molar-refractivity contribution in [3.05, 3.63) is 16.6 Å². The maximum absolute atomic E-state index is 11.9. The monoisotopic (exact) mass is 227 g/mol. The second-order valence-electron chi connectivity index (χ2n) is 3.51. The molecule has 1 aromatic rings. The number of aromatic nitrogens is 1. The Bertz CT molecular complexity index is 296. The van der Waals surface area contributed by atoms with Crippen LogP contribution in [0.4, 0.5) is 0 Å². The normalized spacial score (nSPS) is 12.5. The van der Waals surface area contributed by atoms with Gasteiger partial charge < -0.3 is 10.6 Å². The number of nitrogens with zero attached hydrogens (tertiary/aromatic N) is 2. The van der Waals surface area contributed by atoms with Crippen molar-refractivity contribution < 1.29 is 4.79 Å². The number of amides is 1. The fourth-order valence-corrected chi connectivity index (χ4v) is 1.94.